The lowest BCUT2D eigenvalue weighted by Gasteiger charge is -2.32. The van der Waals surface area contributed by atoms with Gasteiger partial charge in [0, 0.05) is 5.54 Å². The van der Waals surface area contributed by atoms with Crippen LogP contribution in [0.25, 0.3) is 0 Å². The van der Waals surface area contributed by atoms with Crippen LogP contribution >= 0.6 is 0 Å². The Morgan fingerprint density at radius 1 is 1.26 bits per heavy atom. The van der Waals surface area contributed by atoms with E-state index in [2.05, 4.69) is 24.1 Å². The number of nitrogens with zero attached hydrogens (tertiary/aromatic N) is 1. The summed E-state index contributed by atoms with van der Waals surface area (Å²) < 4.78 is 0. The molecule has 1 aliphatic rings. The van der Waals surface area contributed by atoms with Gasteiger partial charge in [0.2, 0.25) is 0 Å². The molecule has 114 valence electrons. The van der Waals surface area contributed by atoms with E-state index < -0.39 is 0 Å². The highest BCUT2D eigenvalue weighted by molar-refractivity contribution is 4.80. The summed E-state index contributed by atoms with van der Waals surface area (Å²) >= 11 is 0. The molecule has 0 amide bonds. The number of likely N-dealkylation sites (tertiary alicyclic amines) is 1. The number of piperidine rings is 1. The first kappa shape index (κ1) is 16.9. The van der Waals surface area contributed by atoms with E-state index in [1.54, 1.807) is 0 Å². The van der Waals surface area contributed by atoms with Crippen LogP contribution in [0.4, 0.5) is 0 Å². The molecule has 3 heteroatoms. The summed E-state index contributed by atoms with van der Waals surface area (Å²) in [5, 5.41) is 12.6. The van der Waals surface area contributed by atoms with Crippen molar-refractivity contribution in [1.82, 2.24) is 10.2 Å². The molecule has 0 aliphatic carbocycles. The summed E-state index contributed by atoms with van der Waals surface area (Å²) in [6, 6.07) is 0. The van der Waals surface area contributed by atoms with E-state index in [0.29, 0.717) is 0 Å². The molecular formula is C16H34N2O. The molecule has 1 unspecified atom stereocenters. The van der Waals surface area contributed by atoms with Crippen molar-refractivity contribution in [3.05, 3.63) is 0 Å². The Balaban J connectivity index is 2.08. The zero-order valence-corrected chi connectivity index (χ0v) is 13.2. The van der Waals surface area contributed by atoms with Crippen molar-refractivity contribution in [2.45, 2.75) is 64.3 Å². The molecule has 3 nitrogen and oxygen atoms in total. The van der Waals surface area contributed by atoms with Gasteiger partial charge in [0.15, 0.2) is 0 Å². The third-order valence-corrected chi connectivity index (χ3v) is 4.81. The van der Waals surface area contributed by atoms with Crippen LogP contribution in [0.2, 0.25) is 0 Å². The first-order valence-corrected chi connectivity index (χ1v) is 8.15. The highest BCUT2D eigenvalue weighted by atomic mass is 16.3. The number of likely N-dealkylation sites (N-methyl/N-ethyl adjacent to an activating group) is 1. The predicted octanol–water partition coefficient (Wildman–Crippen LogP) is 2.64. The molecule has 1 aliphatic heterocycles. The number of aliphatic hydroxyl groups excluding tert-OH is 1. The van der Waals surface area contributed by atoms with Gasteiger partial charge in [0.25, 0.3) is 0 Å². The molecule has 0 aromatic heterocycles. The molecule has 1 heterocycles. The number of unbranched alkanes of at least 4 members (excludes halogenated alkanes) is 1. The quantitative estimate of drug-likeness (QED) is 0.632. The minimum absolute atomic E-state index is 0.0892. The SMILES string of the molecule is CCCC1CCN(CCCCC(C)(CO)NC)CC1. The van der Waals surface area contributed by atoms with Gasteiger partial charge in [-0.3, -0.25) is 0 Å². The molecule has 0 aromatic rings. The van der Waals surface area contributed by atoms with Gasteiger partial charge in [-0.15, -0.1) is 0 Å². The van der Waals surface area contributed by atoms with E-state index in [9.17, 15) is 5.11 Å². The average Bonchev–Trinajstić information content (AvgIpc) is 2.45. The maximum absolute atomic E-state index is 9.34. The van der Waals surface area contributed by atoms with Crippen LogP contribution in [0.3, 0.4) is 0 Å². The van der Waals surface area contributed by atoms with E-state index >= 15 is 0 Å². The van der Waals surface area contributed by atoms with Crippen LogP contribution < -0.4 is 5.32 Å². The lowest BCUT2D eigenvalue weighted by Crippen LogP contribution is -2.43. The monoisotopic (exact) mass is 270 g/mol. The smallest absolute Gasteiger partial charge is 0.0610 e. The van der Waals surface area contributed by atoms with Crippen molar-refractivity contribution in [3.63, 3.8) is 0 Å². The number of aliphatic hydroxyl groups is 1. The van der Waals surface area contributed by atoms with Gasteiger partial charge in [0.05, 0.1) is 6.61 Å². The lowest BCUT2D eigenvalue weighted by atomic mass is 9.92. The van der Waals surface area contributed by atoms with E-state index in [1.807, 2.05) is 7.05 Å². The van der Waals surface area contributed by atoms with E-state index in [4.69, 9.17) is 0 Å². The highest BCUT2D eigenvalue weighted by Gasteiger charge is 2.21. The van der Waals surface area contributed by atoms with Crippen molar-refractivity contribution in [2.75, 3.05) is 33.3 Å². The van der Waals surface area contributed by atoms with Gasteiger partial charge >= 0.3 is 0 Å². The fourth-order valence-electron chi connectivity index (χ4n) is 3.04. The van der Waals surface area contributed by atoms with E-state index in [-0.39, 0.29) is 12.1 Å². The Morgan fingerprint density at radius 2 is 1.95 bits per heavy atom. The molecule has 0 radical (unpaired) electrons. The molecule has 1 rings (SSSR count). The fourth-order valence-corrected chi connectivity index (χ4v) is 3.04. The molecule has 0 aromatic carbocycles. The molecule has 0 bridgehead atoms. The summed E-state index contributed by atoms with van der Waals surface area (Å²) in [5.74, 6) is 0.989. The largest absolute Gasteiger partial charge is 0.394 e. The summed E-state index contributed by atoms with van der Waals surface area (Å²) in [6.45, 7) is 8.47. The second kappa shape index (κ2) is 8.93. The van der Waals surface area contributed by atoms with Crippen molar-refractivity contribution < 1.29 is 5.11 Å². The molecule has 2 N–H and O–H groups in total. The average molecular weight is 270 g/mol. The minimum atomic E-state index is -0.0892. The molecule has 0 saturated carbocycles. The zero-order valence-electron chi connectivity index (χ0n) is 13.2. The summed E-state index contributed by atoms with van der Waals surface area (Å²) in [6.07, 6.45) is 9.09. The maximum Gasteiger partial charge on any atom is 0.0610 e. The Labute approximate surface area is 119 Å². The van der Waals surface area contributed by atoms with Crippen LogP contribution in [-0.4, -0.2) is 48.8 Å². The Hall–Kier alpha value is -0.120. The normalized spacial score (nSPS) is 21.5. The first-order valence-electron chi connectivity index (χ1n) is 8.15. The molecule has 0 spiro atoms. The topological polar surface area (TPSA) is 35.5 Å². The number of hydrogen-bond acceptors (Lipinski definition) is 3. The van der Waals surface area contributed by atoms with Crippen LogP contribution in [-0.2, 0) is 0 Å². The van der Waals surface area contributed by atoms with Crippen molar-refractivity contribution in [1.29, 1.82) is 0 Å². The van der Waals surface area contributed by atoms with Gasteiger partial charge in [-0.1, -0.05) is 26.2 Å². The predicted molar refractivity (Wildman–Crippen MR) is 82.5 cm³/mol. The van der Waals surface area contributed by atoms with Crippen molar-refractivity contribution in [3.8, 4) is 0 Å². The summed E-state index contributed by atoms with van der Waals surface area (Å²) in [7, 11) is 1.94. The van der Waals surface area contributed by atoms with Crippen molar-refractivity contribution >= 4 is 0 Å². The van der Waals surface area contributed by atoms with E-state index in [1.165, 1.54) is 58.2 Å². The Bertz CT molecular complexity index is 221. The van der Waals surface area contributed by atoms with Gasteiger partial charge in [-0.2, -0.15) is 0 Å². The van der Waals surface area contributed by atoms with E-state index in [0.717, 1.165) is 12.3 Å². The molecule has 1 fully saturated rings. The highest BCUT2D eigenvalue weighted by Crippen LogP contribution is 2.22. The lowest BCUT2D eigenvalue weighted by molar-refractivity contribution is 0.158. The minimum Gasteiger partial charge on any atom is -0.394 e. The third-order valence-electron chi connectivity index (χ3n) is 4.81. The van der Waals surface area contributed by atoms with Gasteiger partial charge in [0.1, 0.15) is 0 Å². The fraction of sp³-hybridized carbons (Fsp3) is 1.00. The van der Waals surface area contributed by atoms with Crippen LogP contribution in [0.5, 0.6) is 0 Å². The maximum atomic E-state index is 9.34. The number of nitrogens with one attached hydrogen (secondary N) is 1. The molecule has 1 saturated heterocycles. The van der Waals surface area contributed by atoms with Gasteiger partial charge in [-0.05, 0) is 65.2 Å². The zero-order chi connectivity index (χ0) is 14.1. The summed E-state index contributed by atoms with van der Waals surface area (Å²) in [4.78, 5) is 2.63. The summed E-state index contributed by atoms with van der Waals surface area (Å²) in [5.41, 5.74) is -0.0892. The molecule has 1 atom stereocenters. The Morgan fingerprint density at radius 3 is 2.47 bits per heavy atom. The Kier molecular flexibility index (Phi) is 7.96. The molecular weight excluding hydrogens is 236 g/mol. The first-order chi connectivity index (χ1) is 9.13. The van der Waals surface area contributed by atoms with Crippen LogP contribution in [0.15, 0.2) is 0 Å². The number of hydrogen-bond donors (Lipinski definition) is 2. The van der Waals surface area contributed by atoms with Gasteiger partial charge < -0.3 is 15.3 Å². The van der Waals surface area contributed by atoms with Crippen molar-refractivity contribution in [2.24, 2.45) is 5.92 Å². The third kappa shape index (κ3) is 6.24. The van der Waals surface area contributed by atoms with Crippen LogP contribution in [0, 0.1) is 5.92 Å². The molecule has 19 heavy (non-hydrogen) atoms. The second-order valence-electron chi connectivity index (χ2n) is 6.50. The standard InChI is InChI=1S/C16H34N2O/c1-4-7-15-8-12-18(13-9-15)11-6-5-10-16(2,14-19)17-3/h15,17,19H,4-14H2,1-3H3. The van der Waals surface area contributed by atoms with Gasteiger partial charge in [-0.25, -0.2) is 0 Å². The number of rotatable bonds is 9. The van der Waals surface area contributed by atoms with Crippen LogP contribution in [0.1, 0.15) is 58.8 Å². The second-order valence-corrected chi connectivity index (χ2v) is 6.50.